The first kappa shape index (κ1) is 29.4. The van der Waals surface area contributed by atoms with Gasteiger partial charge in [0.2, 0.25) is 6.23 Å². The minimum absolute atomic E-state index is 0.209. The van der Waals surface area contributed by atoms with Crippen LogP contribution in [0.25, 0.3) is 0 Å². The predicted molar refractivity (Wildman–Crippen MR) is 135 cm³/mol. The fourth-order valence-electron chi connectivity index (χ4n) is 3.43. The number of hydrogen-bond acceptors (Lipinski definition) is 10. The van der Waals surface area contributed by atoms with Gasteiger partial charge in [-0.3, -0.25) is 14.5 Å². The third-order valence-electron chi connectivity index (χ3n) is 5.13. The average molecular weight is 545 g/mol. The van der Waals surface area contributed by atoms with Crippen molar-refractivity contribution in [3.8, 4) is 11.5 Å². The molecule has 2 N–H and O–H groups in total. The van der Waals surface area contributed by atoms with Crippen LogP contribution in [0, 0.1) is 0 Å². The van der Waals surface area contributed by atoms with E-state index < -0.39 is 47.9 Å². The molecule has 12 nitrogen and oxygen atoms in total. The number of rotatable bonds is 13. The second-order valence-corrected chi connectivity index (χ2v) is 9.38. The number of esters is 2. The van der Waals surface area contributed by atoms with Crippen LogP contribution < -0.4 is 14.8 Å². The highest BCUT2D eigenvalue weighted by atomic mass is 16.6. The number of aliphatic hydroxyl groups is 1. The zero-order valence-corrected chi connectivity index (χ0v) is 21.9. The van der Waals surface area contributed by atoms with Gasteiger partial charge in [-0.15, -0.1) is 0 Å². The Kier molecular flexibility index (Phi) is 10.2. The maximum absolute atomic E-state index is 12.8. The Balaban J connectivity index is 1.54. The molecule has 39 heavy (non-hydrogen) atoms. The minimum atomic E-state index is -1.97. The summed E-state index contributed by atoms with van der Waals surface area (Å²) in [6, 6.07) is 16.1. The van der Waals surface area contributed by atoms with Gasteiger partial charge in [-0.1, -0.05) is 36.4 Å². The number of aliphatic hydroxyl groups excluding tert-OH is 1. The zero-order valence-electron chi connectivity index (χ0n) is 21.9. The Labute approximate surface area is 225 Å². The van der Waals surface area contributed by atoms with Crippen molar-refractivity contribution in [2.45, 2.75) is 44.9 Å². The number of likely N-dealkylation sites (tertiary alicyclic amines) is 1. The number of carbonyl (C=O) groups is 4. The lowest BCUT2D eigenvalue weighted by atomic mass is 10.0. The SMILES string of the molecule is CC(C)(C)OC(=O)C(O)N1C(=O)[C@@H](NC(=O)COc2ccccc2)[C@H]1OCCOC(=O)COc1ccccc1. The molecule has 0 spiro atoms. The third kappa shape index (κ3) is 8.97. The lowest BCUT2D eigenvalue weighted by molar-refractivity contribution is -0.224. The van der Waals surface area contributed by atoms with E-state index >= 15 is 0 Å². The molecular weight excluding hydrogens is 512 g/mol. The average Bonchev–Trinajstić information content (AvgIpc) is 2.91. The number of benzene rings is 2. The van der Waals surface area contributed by atoms with Gasteiger partial charge in [0.05, 0.1) is 6.61 Å². The summed E-state index contributed by atoms with van der Waals surface area (Å²) in [5.41, 5.74) is -0.916. The van der Waals surface area contributed by atoms with Crippen LogP contribution in [-0.4, -0.2) is 84.3 Å². The topological polar surface area (TPSA) is 150 Å². The van der Waals surface area contributed by atoms with Gasteiger partial charge >= 0.3 is 11.9 Å². The first-order valence-corrected chi connectivity index (χ1v) is 12.2. The van der Waals surface area contributed by atoms with Crippen LogP contribution >= 0.6 is 0 Å². The second-order valence-electron chi connectivity index (χ2n) is 9.38. The molecule has 1 heterocycles. The van der Waals surface area contributed by atoms with Crippen LogP contribution in [0.5, 0.6) is 11.5 Å². The molecular formula is C27H32N2O10. The Bertz CT molecular complexity index is 1120. The van der Waals surface area contributed by atoms with Crippen LogP contribution in [0.1, 0.15) is 20.8 Å². The van der Waals surface area contributed by atoms with Crippen LogP contribution in [0.4, 0.5) is 0 Å². The van der Waals surface area contributed by atoms with E-state index in [-0.39, 0.29) is 26.4 Å². The summed E-state index contributed by atoms with van der Waals surface area (Å²) < 4.78 is 26.5. The molecule has 0 bridgehead atoms. The quantitative estimate of drug-likeness (QED) is 0.213. The number of β-lactam (4-membered cyclic amide) rings is 1. The molecule has 2 amide bonds. The highest BCUT2D eigenvalue weighted by Gasteiger charge is 2.54. The van der Waals surface area contributed by atoms with E-state index in [0.717, 1.165) is 4.90 Å². The Hall–Kier alpha value is -4.16. The molecule has 210 valence electrons. The molecule has 12 heteroatoms. The van der Waals surface area contributed by atoms with Crippen molar-refractivity contribution in [2.24, 2.45) is 0 Å². The zero-order chi connectivity index (χ0) is 28.4. The van der Waals surface area contributed by atoms with E-state index in [1.165, 1.54) is 0 Å². The molecule has 3 atom stereocenters. The van der Waals surface area contributed by atoms with E-state index in [1.807, 2.05) is 6.07 Å². The normalized spacial score (nSPS) is 17.4. The van der Waals surface area contributed by atoms with Gasteiger partial charge in [0.1, 0.15) is 23.7 Å². The van der Waals surface area contributed by atoms with Gasteiger partial charge in [-0.25, -0.2) is 9.59 Å². The summed E-state index contributed by atoms with van der Waals surface area (Å²) in [6.07, 6.45) is -3.21. The summed E-state index contributed by atoms with van der Waals surface area (Å²) in [7, 11) is 0. The van der Waals surface area contributed by atoms with Gasteiger partial charge in [0.25, 0.3) is 11.8 Å². The van der Waals surface area contributed by atoms with Crippen molar-refractivity contribution < 1.29 is 48.0 Å². The number of amides is 2. The largest absolute Gasteiger partial charge is 0.484 e. The first-order chi connectivity index (χ1) is 18.5. The molecule has 0 radical (unpaired) electrons. The van der Waals surface area contributed by atoms with Gasteiger partial charge < -0.3 is 34.1 Å². The van der Waals surface area contributed by atoms with Crippen molar-refractivity contribution in [1.82, 2.24) is 10.2 Å². The molecule has 0 saturated carbocycles. The molecule has 1 unspecified atom stereocenters. The fourth-order valence-corrected chi connectivity index (χ4v) is 3.43. The van der Waals surface area contributed by atoms with Gasteiger partial charge in [0.15, 0.2) is 25.5 Å². The summed E-state index contributed by atoms with van der Waals surface area (Å²) in [5, 5.41) is 13.0. The number of nitrogens with zero attached hydrogens (tertiary/aromatic N) is 1. The molecule has 2 aromatic rings. The monoisotopic (exact) mass is 544 g/mol. The Morgan fingerprint density at radius 1 is 0.923 bits per heavy atom. The molecule has 3 rings (SSSR count). The molecule has 1 aliphatic heterocycles. The number of ether oxygens (including phenoxy) is 5. The second kappa shape index (κ2) is 13.6. The summed E-state index contributed by atoms with van der Waals surface area (Å²) in [5.74, 6) is -2.14. The lowest BCUT2D eigenvalue weighted by Crippen LogP contribution is -2.75. The lowest BCUT2D eigenvalue weighted by Gasteiger charge is -2.47. The van der Waals surface area contributed by atoms with Crippen molar-refractivity contribution in [3.05, 3.63) is 60.7 Å². The van der Waals surface area contributed by atoms with Crippen molar-refractivity contribution >= 4 is 23.8 Å². The van der Waals surface area contributed by atoms with Gasteiger partial charge in [-0.2, -0.15) is 0 Å². The minimum Gasteiger partial charge on any atom is -0.484 e. The third-order valence-corrected chi connectivity index (χ3v) is 5.13. The smallest absolute Gasteiger partial charge is 0.357 e. The Morgan fingerprint density at radius 2 is 1.49 bits per heavy atom. The Morgan fingerprint density at radius 3 is 2.05 bits per heavy atom. The molecule has 2 aromatic carbocycles. The van der Waals surface area contributed by atoms with Gasteiger partial charge in [-0.05, 0) is 45.0 Å². The van der Waals surface area contributed by atoms with E-state index in [0.29, 0.717) is 11.5 Å². The molecule has 1 saturated heterocycles. The van der Waals surface area contributed by atoms with E-state index in [4.69, 9.17) is 23.7 Å². The van der Waals surface area contributed by atoms with Crippen LogP contribution in [0.15, 0.2) is 60.7 Å². The summed E-state index contributed by atoms with van der Waals surface area (Å²) >= 11 is 0. The molecule has 0 aliphatic carbocycles. The van der Waals surface area contributed by atoms with E-state index in [2.05, 4.69) is 5.32 Å². The van der Waals surface area contributed by atoms with Crippen LogP contribution in [0.2, 0.25) is 0 Å². The number of nitrogens with one attached hydrogen (secondary N) is 1. The number of para-hydroxylation sites is 2. The van der Waals surface area contributed by atoms with Crippen molar-refractivity contribution in [3.63, 3.8) is 0 Å². The fraction of sp³-hybridized carbons (Fsp3) is 0.407. The highest BCUT2D eigenvalue weighted by Crippen LogP contribution is 2.25. The maximum Gasteiger partial charge on any atom is 0.357 e. The van der Waals surface area contributed by atoms with Crippen molar-refractivity contribution in [1.29, 1.82) is 0 Å². The highest BCUT2D eigenvalue weighted by molar-refractivity contribution is 5.96. The van der Waals surface area contributed by atoms with Crippen LogP contribution in [0.3, 0.4) is 0 Å². The van der Waals surface area contributed by atoms with E-state index in [9.17, 15) is 24.3 Å². The first-order valence-electron chi connectivity index (χ1n) is 12.2. The maximum atomic E-state index is 12.8. The summed E-state index contributed by atoms with van der Waals surface area (Å²) in [6.45, 7) is 3.69. The molecule has 0 aromatic heterocycles. The molecule has 1 fully saturated rings. The molecule has 1 aliphatic rings. The van der Waals surface area contributed by atoms with Crippen LogP contribution in [-0.2, 0) is 33.4 Å². The standard InChI is InChI=1S/C27H32N2O10/c1-27(2,3)39-26(34)24(33)29-23(32)22(28-20(30)16-37-18-10-6-4-7-11-18)25(29)36-15-14-35-21(31)17-38-19-12-8-5-9-13-19/h4-13,22,24-25,33H,14-17H2,1-3H3,(H,28,30)/t22-,24?,25-/m1/s1. The number of carbonyl (C=O) groups excluding carboxylic acids is 4. The van der Waals surface area contributed by atoms with Crippen molar-refractivity contribution in [2.75, 3.05) is 26.4 Å². The van der Waals surface area contributed by atoms with E-state index in [1.54, 1.807) is 75.4 Å². The van der Waals surface area contributed by atoms with Gasteiger partial charge in [0, 0.05) is 0 Å². The number of hydrogen-bond donors (Lipinski definition) is 2. The predicted octanol–water partition coefficient (Wildman–Crippen LogP) is 1.02. The summed E-state index contributed by atoms with van der Waals surface area (Å²) in [4.78, 5) is 50.3.